The summed E-state index contributed by atoms with van der Waals surface area (Å²) in [6.07, 6.45) is 1.05. The number of fused-ring (bicyclic) bond motifs is 1. The second-order valence-electron chi connectivity index (χ2n) is 6.48. The standard InChI is InChI=1S/C22H21N/c1-15-8-9-19(12-16(15)2)22-14-20-13-18(10-11-21(20)23-22)17-6-4-3-5-7-17/h3-13,22-23H,14H2,1-2H3. The molecule has 1 N–H and O–H groups in total. The molecule has 0 fully saturated rings. The zero-order chi connectivity index (χ0) is 15.8. The Morgan fingerprint density at radius 2 is 1.61 bits per heavy atom. The minimum atomic E-state index is 0.385. The van der Waals surface area contributed by atoms with Crippen LogP contribution in [0.5, 0.6) is 0 Å². The van der Waals surface area contributed by atoms with E-state index in [0.717, 1.165) is 6.42 Å². The van der Waals surface area contributed by atoms with E-state index in [9.17, 15) is 0 Å². The van der Waals surface area contributed by atoms with Gasteiger partial charge in [0.2, 0.25) is 0 Å². The Hall–Kier alpha value is -2.54. The normalized spacial score (nSPS) is 16.0. The van der Waals surface area contributed by atoms with Crippen molar-refractivity contribution in [2.75, 3.05) is 5.32 Å². The lowest BCUT2D eigenvalue weighted by Crippen LogP contribution is -2.06. The Balaban J connectivity index is 1.63. The van der Waals surface area contributed by atoms with Crippen LogP contribution in [0.25, 0.3) is 11.1 Å². The van der Waals surface area contributed by atoms with Gasteiger partial charge < -0.3 is 5.32 Å². The molecule has 3 aromatic rings. The predicted molar refractivity (Wildman–Crippen MR) is 97.9 cm³/mol. The van der Waals surface area contributed by atoms with Crippen molar-refractivity contribution in [2.45, 2.75) is 26.3 Å². The molecule has 0 bridgehead atoms. The van der Waals surface area contributed by atoms with E-state index in [4.69, 9.17) is 0 Å². The molecule has 1 heterocycles. The van der Waals surface area contributed by atoms with Crippen molar-refractivity contribution in [3.05, 3.63) is 89.0 Å². The molecule has 1 heteroatoms. The van der Waals surface area contributed by atoms with E-state index in [0.29, 0.717) is 6.04 Å². The molecule has 1 unspecified atom stereocenters. The van der Waals surface area contributed by atoms with Crippen molar-refractivity contribution < 1.29 is 0 Å². The highest BCUT2D eigenvalue weighted by Crippen LogP contribution is 2.37. The van der Waals surface area contributed by atoms with Crippen LogP contribution in [0.2, 0.25) is 0 Å². The summed E-state index contributed by atoms with van der Waals surface area (Å²) in [5, 5.41) is 3.68. The quantitative estimate of drug-likeness (QED) is 0.642. The van der Waals surface area contributed by atoms with Gasteiger partial charge in [-0.05, 0) is 65.8 Å². The maximum Gasteiger partial charge on any atom is 0.0555 e. The third kappa shape index (κ3) is 2.63. The van der Waals surface area contributed by atoms with Gasteiger partial charge in [0.25, 0.3) is 0 Å². The van der Waals surface area contributed by atoms with Crippen LogP contribution in [-0.4, -0.2) is 0 Å². The van der Waals surface area contributed by atoms with E-state index >= 15 is 0 Å². The molecule has 1 aliphatic heterocycles. The minimum absolute atomic E-state index is 0.385. The average molecular weight is 299 g/mol. The van der Waals surface area contributed by atoms with E-state index in [1.54, 1.807) is 0 Å². The fourth-order valence-electron chi connectivity index (χ4n) is 3.35. The molecule has 4 rings (SSSR count). The lowest BCUT2D eigenvalue weighted by Gasteiger charge is -2.13. The number of rotatable bonds is 2. The minimum Gasteiger partial charge on any atom is -0.378 e. The largest absolute Gasteiger partial charge is 0.378 e. The highest BCUT2D eigenvalue weighted by atomic mass is 14.9. The number of hydrogen-bond donors (Lipinski definition) is 1. The lowest BCUT2D eigenvalue weighted by atomic mass is 9.97. The van der Waals surface area contributed by atoms with Gasteiger partial charge in [0.15, 0.2) is 0 Å². The molecule has 0 saturated carbocycles. The SMILES string of the molecule is Cc1ccc(C2Cc3cc(-c4ccccc4)ccc3N2)cc1C. The molecule has 3 aromatic carbocycles. The first kappa shape index (κ1) is 14.1. The van der Waals surface area contributed by atoms with Gasteiger partial charge in [0, 0.05) is 5.69 Å². The van der Waals surface area contributed by atoms with Crippen LogP contribution in [0.4, 0.5) is 5.69 Å². The molecule has 0 saturated heterocycles. The van der Waals surface area contributed by atoms with Crippen LogP contribution in [0.1, 0.15) is 28.3 Å². The van der Waals surface area contributed by atoms with Gasteiger partial charge in [0.1, 0.15) is 0 Å². The zero-order valence-corrected chi connectivity index (χ0v) is 13.6. The Morgan fingerprint density at radius 3 is 2.39 bits per heavy atom. The lowest BCUT2D eigenvalue weighted by molar-refractivity contribution is 0.822. The molecule has 114 valence electrons. The van der Waals surface area contributed by atoms with E-state index in [1.807, 2.05) is 0 Å². The summed E-state index contributed by atoms with van der Waals surface area (Å²) in [6.45, 7) is 4.36. The second-order valence-corrected chi connectivity index (χ2v) is 6.48. The third-order valence-corrected chi connectivity index (χ3v) is 4.90. The molecule has 0 aliphatic carbocycles. The van der Waals surface area contributed by atoms with Crippen LogP contribution < -0.4 is 5.32 Å². The topological polar surface area (TPSA) is 12.0 Å². The third-order valence-electron chi connectivity index (χ3n) is 4.90. The highest BCUT2D eigenvalue weighted by Gasteiger charge is 2.22. The van der Waals surface area contributed by atoms with Crippen LogP contribution in [0, 0.1) is 13.8 Å². The average Bonchev–Trinajstić information content (AvgIpc) is 3.01. The summed E-state index contributed by atoms with van der Waals surface area (Å²) in [6, 6.07) is 24.5. The van der Waals surface area contributed by atoms with Gasteiger partial charge >= 0.3 is 0 Å². The predicted octanol–water partition coefficient (Wildman–Crippen LogP) is 5.68. The molecular weight excluding hydrogens is 278 g/mol. The molecule has 23 heavy (non-hydrogen) atoms. The fourth-order valence-corrected chi connectivity index (χ4v) is 3.35. The first-order chi connectivity index (χ1) is 11.2. The van der Waals surface area contributed by atoms with E-state index in [-0.39, 0.29) is 0 Å². The highest BCUT2D eigenvalue weighted by molar-refractivity contribution is 5.70. The summed E-state index contributed by atoms with van der Waals surface area (Å²) in [5.41, 5.74) is 9.37. The molecule has 1 aliphatic rings. The van der Waals surface area contributed by atoms with Crippen molar-refractivity contribution in [2.24, 2.45) is 0 Å². The Morgan fingerprint density at radius 1 is 0.783 bits per heavy atom. The first-order valence-electron chi connectivity index (χ1n) is 8.23. The second kappa shape index (κ2) is 5.58. The maximum absolute atomic E-state index is 3.68. The van der Waals surface area contributed by atoms with Crippen LogP contribution in [0.15, 0.2) is 66.7 Å². The number of hydrogen-bond acceptors (Lipinski definition) is 1. The van der Waals surface area contributed by atoms with Gasteiger partial charge in [-0.1, -0.05) is 54.6 Å². The molecule has 1 nitrogen and oxygen atoms in total. The van der Waals surface area contributed by atoms with Crippen LogP contribution in [-0.2, 0) is 6.42 Å². The number of anilines is 1. The molecular formula is C22H21N. The summed E-state index contributed by atoms with van der Waals surface area (Å²) in [4.78, 5) is 0. The van der Waals surface area contributed by atoms with Crippen LogP contribution in [0.3, 0.4) is 0 Å². The van der Waals surface area contributed by atoms with Crippen molar-refractivity contribution in [3.8, 4) is 11.1 Å². The molecule has 1 atom stereocenters. The van der Waals surface area contributed by atoms with Gasteiger partial charge in [-0.2, -0.15) is 0 Å². The molecule has 0 amide bonds. The first-order valence-corrected chi connectivity index (χ1v) is 8.23. The van der Waals surface area contributed by atoms with Crippen molar-refractivity contribution in [1.82, 2.24) is 0 Å². The Kier molecular flexibility index (Phi) is 3.42. The number of nitrogens with one attached hydrogen (secondary N) is 1. The monoisotopic (exact) mass is 299 g/mol. The smallest absolute Gasteiger partial charge is 0.0555 e. The zero-order valence-electron chi connectivity index (χ0n) is 13.6. The van der Waals surface area contributed by atoms with Gasteiger partial charge in [0.05, 0.1) is 6.04 Å². The van der Waals surface area contributed by atoms with Crippen molar-refractivity contribution >= 4 is 5.69 Å². The van der Waals surface area contributed by atoms with Crippen LogP contribution >= 0.6 is 0 Å². The Bertz CT molecular complexity index is 849. The molecule has 0 spiro atoms. The number of benzene rings is 3. The number of aryl methyl sites for hydroxylation is 2. The Labute approximate surface area is 138 Å². The van der Waals surface area contributed by atoms with Gasteiger partial charge in [-0.15, -0.1) is 0 Å². The van der Waals surface area contributed by atoms with Crippen molar-refractivity contribution in [3.63, 3.8) is 0 Å². The summed E-state index contributed by atoms with van der Waals surface area (Å²) >= 11 is 0. The maximum atomic E-state index is 3.68. The van der Waals surface area contributed by atoms with E-state index < -0.39 is 0 Å². The van der Waals surface area contributed by atoms with Crippen molar-refractivity contribution in [1.29, 1.82) is 0 Å². The summed E-state index contributed by atoms with van der Waals surface area (Å²) < 4.78 is 0. The van der Waals surface area contributed by atoms with Gasteiger partial charge in [-0.3, -0.25) is 0 Å². The summed E-state index contributed by atoms with van der Waals surface area (Å²) in [7, 11) is 0. The van der Waals surface area contributed by atoms with E-state index in [1.165, 1.54) is 39.1 Å². The molecule has 0 aromatic heterocycles. The summed E-state index contributed by atoms with van der Waals surface area (Å²) in [5.74, 6) is 0. The van der Waals surface area contributed by atoms with Gasteiger partial charge in [-0.25, -0.2) is 0 Å². The fraction of sp³-hybridized carbons (Fsp3) is 0.182. The molecule has 0 radical (unpaired) electrons. The van der Waals surface area contributed by atoms with E-state index in [2.05, 4.69) is 85.9 Å².